The van der Waals surface area contributed by atoms with Gasteiger partial charge in [-0.25, -0.2) is 18.6 Å². The smallest absolute Gasteiger partial charge is 0.407 e. The maximum Gasteiger partial charge on any atom is 0.407 e. The Kier molecular flexibility index (Phi) is 7.93. The van der Waals surface area contributed by atoms with Gasteiger partial charge < -0.3 is 24.6 Å². The second-order valence-corrected chi connectivity index (χ2v) is 11.7. The first-order valence-electron chi connectivity index (χ1n) is 14.6. The van der Waals surface area contributed by atoms with Gasteiger partial charge in [-0.05, 0) is 43.0 Å². The molecular formula is C32H33F2N5O5. The zero-order chi connectivity index (χ0) is 31.0. The first-order chi connectivity index (χ1) is 21.1. The number of amides is 2. The predicted molar refractivity (Wildman–Crippen MR) is 158 cm³/mol. The van der Waals surface area contributed by atoms with Gasteiger partial charge in [0.05, 0.1) is 17.5 Å². The van der Waals surface area contributed by atoms with E-state index in [0.717, 1.165) is 5.56 Å². The fourth-order valence-electron chi connectivity index (χ4n) is 6.47. The molecule has 0 radical (unpaired) electrons. The number of aliphatic hydroxyl groups is 1. The van der Waals surface area contributed by atoms with Crippen molar-refractivity contribution in [2.75, 3.05) is 26.2 Å². The molecule has 2 saturated heterocycles. The van der Waals surface area contributed by atoms with Gasteiger partial charge in [0.15, 0.2) is 5.65 Å². The third kappa shape index (κ3) is 5.69. The second-order valence-electron chi connectivity index (χ2n) is 11.7. The SMILES string of the molecule is O=C(O)N1CC[C@@H](C(=O)N2CCC(O)(Cn3cnc4c(ccn4-c4ccc(C(F)F)cc4)c3=O)CC2)[C@H](c2ccccc2)C1. The molecule has 2 aromatic heterocycles. The van der Waals surface area contributed by atoms with Crippen LogP contribution in [0.2, 0.25) is 0 Å². The molecular weight excluding hydrogens is 572 g/mol. The van der Waals surface area contributed by atoms with E-state index in [4.69, 9.17) is 0 Å². The molecule has 2 atom stereocenters. The molecule has 230 valence electrons. The molecule has 44 heavy (non-hydrogen) atoms. The van der Waals surface area contributed by atoms with Crippen LogP contribution in [0.3, 0.4) is 0 Å². The van der Waals surface area contributed by atoms with E-state index in [0.29, 0.717) is 36.2 Å². The van der Waals surface area contributed by atoms with Gasteiger partial charge in [-0.15, -0.1) is 0 Å². The lowest BCUT2D eigenvalue weighted by Gasteiger charge is -2.42. The number of hydrogen-bond acceptors (Lipinski definition) is 5. The second kappa shape index (κ2) is 11.8. The van der Waals surface area contributed by atoms with Gasteiger partial charge in [0, 0.05) is 55.5 Å². The van der Waals surface area contributed by atoms with Crippen molar-refractivity contribution in [2.24, 2.45) is 5.92 Å². The van der Waals surface area contributed by atoms with Crippen LogP contribution in [-0.4, -0.2) is 77.9 Å². The molecule has 2 amide bonds. The van der Waals surface area contributed by atoms with Crippen LogP contribution in [0.5, 0.6) is 0 Å². The van der Waals surface area contributed by atoms with E-state index in [1.165, 1.54) is 27.9 Å². The molecule has 0 spiro atoms. The zero-order valence-electron chi connectivity index (χ0n) is 23.9. The average Bonchev–Trinajstić information content (AvgIpc) is 3.47. The minimum atomic E-state index is -2.57. The summed E-state index contributed by atoms with van der Waals surface area (Å²) in [7, 11) is 0. The first kappa shape index (κ1) is 29.5. The number of hydrogen-bond donors (Lipinski definition) is 2. The summed E-state index contributed by atoms with van der Waals surface area (Å²) in [6, 6.07) is 16.9. The Balaban J connectivity index is 1.14. The highest BCUT2D eigenvalue weighted by Gasteiger charge is 2.41. The van der Waals surface area contributed by atoms with Gasteiger partial charge in [-0.3, -0.25) is 14.2 Å². The quantitative estimate of drug-likeness (QED) is 0.339. The van der Waals surface area contributed by atoms with Gasteiger partial charge >= 0.3 is 6.09 Å². The van der Waals surface area contributed by atoms with Crippen LogP contribution < -0.4 is 5.56 Å². The van der Waals surface area contributed by atoms with E-state index in [1.54, 1.807) is 33.9 Å². The minimum absolute atomic E-state index is 0.00864. The number of aromatic nitrogens is 3. The molecule has 6 rings (SSSR count). The van der Waals surface area contributed by atoms with Gasteiger partial charge in [0.25, 0.3) is 12.0 Å². The molecule has 0 unspecified atom stereocenters. The molecule has 4 heterocycles. The summed E-state index contributed by atoms with van der Waals surface area (Å²) in [5, 5.41) is 21.3. The Morgan fingerprint density at radius 1 is 0.977 bits per heavy atom. The van der Waals surface area contributed by atoms with Crippen molar-refractivity contribution < 1.29 is 28.6 Å². The number of benzene rings is 2. The van der Waals surface area contributed by atoms with Crippen molar-refractivity contribution in [1.82, 2.24) is 23.9 Å². The third-order valence-electron chi connectivity index (χ3n) is 8.99. The summed E-state index contributed by atoms with van der Waals surface area (Å²) in [4.78, 5) is 46.3. The van der Waals surface area contributed by atoms with Crippen LogP contribution in [0.1, 0.15) is 42.7 Å². The Labute approximate surface area is 251 Å². The normalized spacial score (nSPS) is 20.3. The van der Waals surface area contributed by atoms with Crippen LogP contribution >= 0.6 is 0 Å². The molecule has 2 aliphatic rings. The number of likely N-dealkylation sites (tertiary alicyclic amines) is 2. The van der Waals surface area contributed by atoms with Gasteiger partial charge in [-0.2, -0.15) is 0 Å². The number of piperidine rings is 2. The zero-order valence-corrected chi connectivity index (χ0v) is 23.9. The van der Waals surface area contributed by atoms with Gasteiger partial charge in [0.1, 0.15) is 6.33 Å². The molecule has 0 bridgehead atoms. The summed E-state index contributed by atoms with van der Waals surface area (Å²) in [5.41, 5.74) is 0.237. The Morgan fingerprint density at radius 3 is 2.34 bits per heavy atom. The minimum Gasteiger partial charge on any atom is -0.465 e. The molecule has 10 nitrogen and oxygen atoms in total. The molecule has 2 N–H and O–H groups in total. The van der Waals surface area contributed by atoms with E-state index < -0.39 is 18.1 Å². The maximum atomic E-state index is 13.7. The Bertz CT molecular complexity index is 1710. The Morgan fingerprint density at radius 2 is 1.68 bits per heavy atom. The molecule has 12 heteroatoms. The molecule has 2 aromatic carbocycles. The standard InChI is InChI=1S/C32H33F2N5O5/c33-27(34)22-6-8-23(9-7-22)39-15-11-25-28(39)35-20-38(30(25)41)19-32(44)12-16-36(17-13-32)29(40)24-10-14-37(31(42)43)18-26(24)21-4-2-1-3-5-21/h1-9,11,15,20,24,26-27,44H,10,12-14,16-19H2,(H,42,43)/t24-,26+/m1/s1. The summed E-state index contributed by atoms with van der Waals surface area (Å²) in [6.45, 7) is 1.16. The van der Waals surface area contributed by atoms with E-state index in [-0.39, 0.29) is 61.3 Å². The van der Waals surface area contributed by atoms with Crippen molar-refractivity contribution in [3.05, 3.63) is 94.7 Å². The topological polar surface area (TPSA) is 121 Å². The fraction of sp³-hybridized carbons (Fsp3) is 0.375. The number of fused-ring (bicyclic) bond motifs is 1. The van der Waals surface area contributed by atoms with Gasteiger partial charge in [-0.1, -0.05) is 42.5 Å². The summed E-state index contributed by atoms with van der Waals surface area (Å²) in [6.07, 6.45) is 0.421. The molecule has 0 saturated carbocycles. The maximum absolute atomic E-state index is 13.7. The summed E-state index contributed by atoms with van der Waals surface area (Å²) < 4.78 is 28.9. The largest absolute Gasteiger partial charge is 0.465 e. The van der Waals surface area contributed by atoms with Crippen molar-refractivity contribution in [3.63, 3.8) is 0 Å². The predicted octanol–water partition coefficient (Wildman–Crippen LogP) is 4.26. The van der Waals surface area contributed by atoms with Crippen LogP contribution in [0.15, 0.2) is 78.0 Å². The van der Waals surface area contributed by atoms with Crippen molar-refractivity contribution >= 4 is 23.0 Å². The third-order valence-corrected chi connectivity index (χ3v) is 8.99. The number of carbonyl (C=O) groups is 2. The number of nitrogens with zero attached hydrogens (tertiary/aromatic N) is 5. The van der Waals surface area contributed by atoms with E-state index in [1.807, 2.05) is 30.3 Å². The van der Waals surface area contributed by atoms with E-state index in [2.05, 4.69) is 4.98 Å². The van der Waals surface area contributed by atoms with Gasteiger partial charge in [0.2, 0.25) is 5.91 Å². The van der Waals surface area contributed by atoms with Crippen molar-refractivity contribution in [1.29, 1.82) is 0 Å². The number of carbonyl (C=O) groups excluding carboxylic acids is 1. The van der Waals surface area contributed by atoms with Crippen LogP contribution in [0.25, 0.3) is 16.7 Å². The number of halogens is 2. The lowest BCUT2D eigenvalue weighted by molar-refractivity contribution is -0.142. The van der Waals surface area contributed by atoms with E-state index in [9.17, 15) is 33.4 Å². The fourth-order valence-corrected chi connectivity index (χ4v) is 6.47. The molecule has 2 fully saturated rings. The molecule has 2 aliphatic heterocycles. The monoisotopic (exact) mass is 605 g/mol. The highest BCUT2D eigenvalue weighted by atomic mass is 19.3. The molecule has 4 aromatic rings. The van der Waals surface area contributed by atoms with Crippen LogP contribution in [0, 0.1) is 5.92 Å². The lowest BCUT2D eigenvalue weighted by Crippen LogP contribution is -2.53. The lowest BCUT2D eigenvalue weighted by atomic mass is 9.79. The number of carboxylic acid groups (broad SMARTS) is 1. The van der Waals surface area contributed by atoms with Crippen LogP contribution in [-0.2, 0) is 11.3 Å². The Hall–Kier alpha value is -4.58. The highest BCUT2D eigenvalue weighted by Crippen LogP contribution is 2.35. The van der Waals surface area contributed by atoms with E-state index >= 15 is 0 Å². The van der Waals surface area contributed by atoms with Crippen molar-refractivity contribution in [2.45, 2.75) is 43.8 Å². The molecule has 0 aliphatic carbocycles. The highest BCUT2D eigenvalue weighted by molar-refractivity contribution is 5.81. The average molecular weight is 606 g/mol. The van der Waals surface area contributed by atoms with Crippen LogP contribution in [0.4, 0.5) is 13.6 Å². The summed E-state index contributed by atoms with van der Waals surface area (Å²) >= 11 is 0. The summed E-state index contributed by atoms with van der Waals surface area (Å²) in [5.74, 6) is -0.682. The number of alkyl halides is 2. The van der Waals surface area contributed by atoms with Crippen molar-refractivity contribution in [3.8, 4) is 5.69 Å². The number of rotatable bonds is 6. The first-order valence-corrected chi connectivity index (χ1v) is 14.6.